The zero-order valence-electron chi connectivity index (χ0n) is 12.3. The maximum Gasteiger partial charge on any atom is 0.165 e. The third kappa shape index (κ3) is 1.20. The van der Waals surface area contributed by atoms with E-state index in [4.69, 9.17) is 4.74 Å². The lowest BCUT2D eigenvalue weighted by atomic mass is 9.53. The van der Waals surface area contributed by atoms with E-state index >= 15 is 0 Å². The molecule has 1 fully saturated rings. The molecule has 0 saturated carbocycles. The van der Waals surface area contributed by atoms with Gasteiger partial charge in [-0.1, -0.05) is 24.8 Å². The van der Waals surface area contributed by atoms with Crippen molar-refractivity contribution in [1.29, 1.82) is 0 Å². The van der Waals surface area contributed by atoms with Crippen LogP contribution in [0.25, 0.3) is 0 Å². The van der Waals surface area contributed by atoms with Crippen molar-refractivity contribution in [2.24, 2.45) is 5.92 Å². The van der Waals surface area contributed by atoms with Gasteiger partial charge in [-0.25, -0.2) is 0 Å². The third-order valence-electron chi connectivity index (χ3n) is 6.15. The maximum atomic E-state index is 10.5. The first-order valence-electron chi connectivity index (χ1n) is 7.93. The molecule has 2 bridgehead atoms. The summed E-state index contributed by atoms with van der Waals surface area (Å²) < 4.78 is 6.09. The normalized spacial score (nSPS) is 40.1. The first-order chi connectivity index (χ1) is 10.7. The Hall–Kier alpha value is -1.94. The summed E-state index contributed by atoms with van der Waals surface area (Å²) >= 11 is 0. The summed E-state index contributed by atoms with van der Waals surface area (Å²) in [6, 6.07) is 4.09. The fraction of sp³-hybridized carbons (Fsp3) is 0.444. The number of aliphatic hydroxyl groups is 1. The van der Waals surface area contributed by atoms with Crippen molar-refractivity contribution < 1.29 is 14.9 Å². The lowest BCUT2D eigenvalue weighted by molar-refractivity contribution is -0.0405. The molecular weight excluding hydrogens is 278 g/mol. The van der Waals surface area contributed by atoms with Crippen molar-refractivity contribution in [2.75, 3.05) is 6.54 Å². The molecule has 1 aromatic rings. The number of hydrogen-bond donors (Lipinski definition) is 2. The van der Waals surface area contributed by atoms with E-state index in [1.54, 1.807) is 6.07 Å². The predicted octanol–water partition coefficient (Wildman–Crippen LogP) is 1.71. The van der Waals surface area contributed by atoms with E-state index in [0.717, 1.165) is 24.9 Å². The summed E-state index contributed by atoms with van der Waals surface area (Å²) in [5.41, 5.74) is 2.18. The fourth-order valence-corrected chi connectivity index (χ4v) is 5.31. The van der Waals surface area contributed by atoms with Gasteiger partial charge in [-0.05, 0) is 30.7 Å². The van der Waals surface area contributed by atoms with Crippen LogP contribution in [0.2, 0.25) is 0 Å². The van der Waals surface area contributed by atoms with Crippen molar-refractivity contribution >= 4 is 0 Å². The first-order valence-corrected chi connectivity index (χ1v) is 7.93. The van der Waals surface area contributed by atoms with Gasteiger partial charge in [0, 0.05) is 29.5 Å². The average Bonchev–Trinajstić information content (AvgIpc) is 2.87. The molecule has 0 radical (unpaired) electrons. The largest absolute Gasteiger partial charge is 0.504 e. The van der Waals surface area contributed by atoms with E-state index < -0.39 is 6.10 Å². The molecule has 1 saturated heterocycles. The fourth-order valence-electron chi connectivity index (χ4n) is 5.31. The number of likely N-dealkylation sites (tertiary alicyclic amines) is 1. The molecule has 114 valence electrons. The maximum absolute atomic E-state index is 10.5. The van der Waals surface area contributed by atoms with Crippen LogP contribution in [-0.4, -0.2) is 39.9 Å². The van der Waals surface area contributed by atoms with Gasteiger partial charge >= 0.3 is 0 Å². The van der Waals surface area contributed by atoms with Crippen LogP contribution in [0.1, 0.15) is 17.5 Å². The summed E-state index contributed by atoms with van der Waals surface area (Å²) in [7, 11) is 0. The molecule has 5 rings (SSSR count). The molecule has 4 nitrogen and oxygen atoms in total. The van der Waals surface area contributed by atoms with Gasteiger partial charge in [-0.15, -0.1) is 0 Å². The Bertz CT molecular complexity index is 713. The van der Waals surface area contributed by atoms with E-state index in [0.29, 0.717) is 17.7 Å². The number of nitrogens with zero attached hydrogens (tertiary/aromatic N) is 1. The Morgan fingerprint density at radius 1 is 1.36 bits per heavy atom. The molecule has 1 aromatic carbocycles. The Balaban J connectivity index is 1.82. The third-order valence-corrected chi connectivity index (χ3v) is 6.15. The Labute approximate surface area is 129 Å². The number of aliphatic hydroxyl groups excluding tert-OH is 1. The number of rotatable bonds is 1. The summed E-state index contributed by atoms with van der Waals surface area (Å²) in [5.74, 6) is 1.09. The molecule has 2 heterocycles. The molecular formula is C18H19NO3. The summed E-state index contributed by atoms with van der Waals surface area (Å²) in [6.45, 7) is 4.88. The van der Waals surface area contributed by atoms with E-state index in [-0.39, 0.29) is 17.3 Å². The highest BCUT2D eigenvalue weighted by Gasteiger charge is 2.64. The second-order valence-corrected chi connectivity index (χ2v) is 6.87. The van der Waals surface area contributed by atoms with Gasteiger partial charge in [-0.2, -0.15) is 0 Å². The SMILES string of the molecule is C=CN1CC[C@]23c4c5ccc(O)c4O[C@H]2[C@@H](O)C=C[C@H]3[C@H]1C5. The minimum atomic E-state index is -0.620. The quantitative estimate of drug-likeness (QED) is 0.775. The molecule has 2 N–H and O–H groups in total. The van der Waals surface area contributed by atoms with Crippen LogP contribution < -0.4 is 4.74 Å². The topological polar surface area (TPSA) is 52.9 Å². The van der Waals surface area contributed by atoms with Gasteiger partial charge in [-0.3, -0.25) is 0 Å². The van der Waals surface area contributed by atoms with Crippen molar-refractivity contribution in [3.63, 3.8) is 0 Å². The summed E-state index contributed by atoms with van der Waals surface area (Å²) in [6.07, 6.45) is 6.89. The van der Waals surface area contributed by atoms with E-state index in [9.17, 15) is 10.2 Å². The zero-order chi connectivity index (χ0) is 15.1. The van der Waals surface area contributed by atoms with Gasteiger partial charge in [0.1, 0.15) is 12.2 Å². The van der Waals surface area contributed by atoms with Crippen LogP contribution in [0.3, 0.4) is 0 Å². The van der Waals surface area contributed by atoms with Crippen molar-refractivity contribution in [3.8, 4) is 11.5 Å². The smallest absolute Gasteiger partial charge is 0.165 e. The predicted molar refractivity (Wildman–Crippen MR) is 81.8 cm³/mol. The van der Waals surface area contributed by atoms with Crippen molar-refractivity contribution in [1.82, 2.24) is 4.90 Å². The Kier molecular flexibility index (Phi) is 2.22. The number of hydrogen-bond acceptors (Lipinski definition) is 4. The average molecular weight is 297 g/mol. The Morgan fingerprint density at radius 2 is 2.23 bits per heavy atom. The molecule has 4 aliphatic rings. The van der Waals surface area contributed by atoms with Crippen LogP contribution in [0.15, 0.2) is 37.1 Å². The van der Waals surface area contributed by atoms with E-state index in [1.165, 1.54) is 5.56 Å². The molecule has 0 aromatic heterocycles. The number of benzene rings is 1. The van der Waals surface area contributed by atoms with Crippen LogP contribution in [0.5, 0.6) is 11.5 Å². The van der Waals surface area contributed by atoms with Crippen LogP contribution in [0.4, 0.5) is 0 Å². The first kappa shape index (κ1) is 12.6. The zero-order valence-corrected chi connectivity index (χ0v) is 12.3. The Morgan fingerprint density at radius 3 is 3.05 bits per heavy atom. The number of phenols is 1. The number of ether oxygens (including phenoxy) is 1. The van der Waals surface area contributed by atoms with Gasteiger partial charge in [0.25, 0.3) is 0 Å². The number of phenolic OH excluding ortho intramolecular Hbond substituents is 1. The highest BCUT2D eigenvalue weighted by atomic mass is 16.5. The van der Waals surface area contributed by atoms with Crippen LogP contribution >= 0.6 is 0 Å². The highest BCUT2D eigenvalue weighted by Crippen LogP contribution is 2.62. The molecule has 0 amide bonds. The van der Waals surface area contributed by atoms with Crippen molar-refractivity contribution in [2.45, 2.75) is 36.5 Å². The standard InChI is InChI=1S/C18H19NO3/c1-2-19-8-7-18-11-4-6-14(21)17(18)22-16-13(20)5-3-10(15(16)18)9-12(11)19/h2-6,11-12,14,17,20-21H,1,7-9H2/t11-,12+,14-,17-,18-/m0/s1. The van der Waals surface area contributed by atoms with Crippen molar-refractivity contribution in [3.05, 3.63) is 48.2 Å². The summed E-state index contributed by atoms with van der Waals surface area (Å²) in [4.78, 5) is 2.32. The van der Waals surface area contributed by atoms with Crippen LogP contribution in [-0.2, 0) is 11.8 Å². The minimum Gasteiger partial charge on any atom is -0.504 e. The second kappa shape index (κ2) is 3.87. The monoisotopic (exact) mass is 297 g/mol. The van der Waals surface area contributed by atoms with E-state index in [1.807, 2.05) is 18.3 Å². The number of piperidine rings is 1. The van der Waals surface area contributed by atoms with Gasteiger partial charge < -0.3 is 19.8 Å². The highest BCUT2D eigenvalue weighted by molar-refractivity contribution is 5.61. The lowest BCUT2D eigenvalue weighted by Gasteiger charge is -2.57. The molecule has 22 heavy (non-hydrogen) atoms. The lowest BCUT2D eigenvalue weighted by Crippen LogP contribution is -2.64. The van der Waals surface area contributed by atoms with Crippen LogP contribution in [0, 0.1) is 5.92 Å². The molecule has 4 heteroatoms. The molecule has 2 aliphatic heterocycles. The summed E-state index contributed by atoms with van der Waals surface area (Å²) in [5, 5.41) is 20.7. The second-order valence-electron chi connectivity index (χ2n) is 6.87. The number of aromatic hydroxyl groups is 1. The van der Waals surface area contributed by atoms with Gasteiger partial charge in [0.15, 0.2) is 11.5 Å². The molecule has 2 aliphatic carbocycles. The molecule has 0 unspecified atom stereocenters. The van der Waals surface area contributed by atoms with E-state index in [2.05, 4.69) is 17.6 Å². The minimum absolute atomic E-state index is 0.193. The molecule has 1 spiro atoms. The van der Waals surface area contributed by atoms with Gasteiger partial charge in [0.2, 0.25) is 0 Å². The van der Waals surface area contributed by atoms with Gasteiger partial charge in [0.05, 0.1) is 0 Å². The molecule has 5 atom stereocenters.